The first-order valence-corrected chi connectivity index (χ1v) is 6.84. The Morgan fingerprint density at radius 2 is 1.64 bits per heavy atom. The van der Waals surface area contributed by atoms with Crippen molar-refractivity contribution in [3.8, 4) is 0 Å². The van der Waals surface area contributed by atoms with Crippen molar-refractivity contribution in [1.29, 1.82) is 0 Å². The van der Waals surface area contributed by atoms with E-state index in [2.05, 4.69) is 5.32 Å². The number of benzene rings is 1. The number of nitrogens with one attached hydrogen (secondary N) is 1. The monoisotopic (exact) mass is 310 g/mol. The van der Waals surface area contributed by atoms with E-state index in [-0.39, 0.29) is 6.54 Å². The fraction of sp³-hybridized carbons (Fsp3) is 0.462. The van der Waals surface area contributed by atoms with Crippen molar-refractivity contribution in [3.05, 3.63) is 44.0 Å². The van der Waals surface area contributed by atoms with E-state index < -0.39 is 32.7 Å². The number of likely N-dealkylation sites (N-methyl/N-ethyl adjacent to an activating group) is 1. The number of rotatable bonds is 8. The second kappa shape index (κ2) is 8.03. The molecule has 0 unspecified atom stereocenters. The van der Waals surface area contributed by atoms with E-state index in [0.29, 0.717) is 6.54 Å². The van der Waals surface area contributed by atoms with Gasteiger partial charge in [0.25, 0.3) is 17.3 Å². The number of nitro groups is 2. The molecular formula is C13H18N4O5. The normalized spacial score (nSPS) is 10.5. The molecule has 0 bridgehead atoms. The van der Waals surface area contributed by atoms with Gasteiger partial charge >= 0.3 is 0 Å². The van der Waals surface area contributed by atoms with Crippen molar-refractivity contribution in [3.63, 3.8) is 0 Å². The molecule has 0 aliphatic heterocycles. The smallest absolute Gasteiger partial charge is 0.289 e. The molecule has 22 heavy (non-hydrogen) atoms. The van der Waals surface area contributed by atoms with E-state index in [1.54, 1.807) is 0 Å². The number of hydrogen-bond donors (Lipinski definition) is 1. The van der Waals surface area contributed by atoms with Crippen LogP contribution in [-0.4, -0.2) is 46.8 Å². The van der Waals surface area contributed by atoms with Gasteiger partial charge in [-0.05, 0) is 19.2 Å². The zero-order chi connectivity index (χ0) is 16.7. The van der Waals surface area contributed by atoms with E-state index in [9.17, 15) is 25.0 Å². The molecule has 1 N–H and O–H groups in total. The van der Waals surface area contributed by atoms with Crippen LogP contribution in [0.15, 0.2) is 18.2 Å². The molecule has 0 atom stereocenters. The SMILES string of the molecule is CCN(CC)CCNC(=O)c1c([N+](=O)[O-])cccc1[N+](=O)[O-]. The summed E-state index contributed by atoms with van der Waals surface area (Å²) in [6, 6.07) is 3.33. The molecule has 0 heterocycles. The van der Waals surface area contributed by atoms with Crippen LogP contribution in [0.1, 0.15) is 24.2 Å². The van der Waals surface area contributed by atoms with Crippen LogP contribution in [0, 0.1) is 20.2 Å². The summed E-state index contributed by atoms with van der Waals surface area (Å²) in [6.45, 7) is 6.36. The highest BCUT2D eigenvalue weighted by atomic mass is 16.6. The van der Waals surface area contributed by atoms with Crippen LogP contribution >= 0.6 is 0 Å². The number of hydrogen-bond acceptors (Lipinski definition) is 6. The maximum Gasteiger partial charge on any atom is 0.289 e. The highest BCUT2D eigenvalue weighted by molar-refractivity contribution is 6.02. The summed E-state index contributed by atoms with van der Waals surface area (Å²) in [6.07, 6.45) is 0. The average molecular weight is 310 g/mol. The molecule has 0 aromatic heterocycles. The van der Waals surface area contributed by atoms with Gasteiger partial charge < -0.3 is 10.2 Å². The van der Waals surface area contributed by atoms with Crippen LogP contribution in [0.3, 0.4) is 0 Å². The van der Waals surface area contributed by atoms with Crippen LogP contribution in [0.5, 0.6) is 0 Å². The van der Waals surface area contributed by atoms with E-state index in [1.165, 1.54) is 6.07 Å². The first-order valence-electron chi connectivity index (χ1n) is 6.84. The van der Waals surface area contributed by atoms with Gasteiger partial charge in [-0.1, -0.05) is 13.8 Å². The zero-order valence-corrected chi connectivity index (χ0v) is 12.4. The number of amides is 1. The van der Waals surface area contributed by atoms with Crippen LogP contribution in [0.2, 0.25) is 0 Å². The summed E-state index contributed by atoms with van der Waals surface area (Å²) in [5, 5.41) is 24.4. The topological polar surface area (TPSA) is 119 Å². The molecule has 0 radical (unpaired) electrons. The van der Waals surface area contributed by atoms with Crippen molar-refractivity contribution in [1.82, 2.24) is 10.2 Å². The molecule has 0 fully saturated rings. The molecule has 1 amide bonds. The molecule has 0 spiro atoms. The summed E-state index contributed by atoms with van der Waals surface area (Å²) < 4.78 is 0. The Labute approximate surface area is 127 Å². The fourth-order valence-electron chi connectivity index (χ4n) is 2.02. The lowest BCUT2D eigenvalue weighted by molar-refractivity contribution is -0.394. The standard InChI is InChI=1S/C13H18N4O5/c1-3-15(4-2)9-8-14-13(18)12-10(16(19)20)6-5-7-11(12)17(21)22/h5-7H,3-4,8-9H2,1-2H3,(H,14,18). The third-order valence-electron chi connectivity index (χ3n) is 3.25. The van der Waals surface area contributed by atoms with Crippen molar-refractivity contribution in [2.45, 2.75) is 13.8 Å². The van der Waals surface area contributed by atoms with E-state index in [1.807, 2.05) is 18.7 Å². The number of carbonyl (C=O) groups excluding carboxylic acids is 1. The molecule has 120 valence electrons. The van der Waals surface area contributed by atoms with Crippen LogP contribution in [0.25, 0.3) is 0 Å². The number of carbonyl (C=O) groups is 1. The van der Waals surface area contributed by atoms with Crippen LogP contribution < -0.4 is 5.32 Å². The molecule has 9 nitrogen and oxygen atoms in total. The van der Waals surface area contributed by atoms with Crippen molar-refractivity contribution in [2.75, 3.05) is 26.2 Å². The molecule has 0 aliphatic carbocycles. The molecule has 0 saturated carbocycles. The first kappa shape index (κ1) is 17.5. The molecule has 1 aromatic rings. The second-order valence-corrected chi connectivity index (χ2v) is 4.47. The minimum absolute atomic E-state index is 0.254. The van der Waals surface area contributed by atoms with E-state index in [0.717, 1.165) is 25.2 Å². The van der Waals surface area contributed by atoms with Gasteiger partial charge in [-0.25, -0.2) is 0 Å². The number of nitrogens with zero attached hydrogens (tertiary/aromatic N) is 3. The maximum absolute atomic E-state index is 12.1. The summed E-state index contributed by atoms with van der Waals surface area (Å²) >= 11 is 0. The second-order valence-electron chi connectivity index (χ2n) is 4.47. The van der Waals surface area contributed by atoms with Gasteiger partial charge in [-0.2, -0.15) is 0 Å². The molecule has 1 aromatic carbocycles. The Kier molecular flexibility index (Phi) is 6.39. The minimum Gasteiger partial charge on any atom is -0.350 e. The molecule has 9 heteroatoms. The fourth-order valence-corrected chi connectivity index (χ4v) is 2.02. The van der Waals surface area contributed by atoms with Gasteiger partial charge in [-0.15, -0.1) is 0 Å². The summed E-state index contributed by atoms with van der Waals surface area (Å²) in [7, 11) is 0. The third kappa shape index (κ3) is 4.22. The van der Waals surface area contributed by atoms with E-state index >= 15 is 0 Å². The van der Waals surface area contributed by atoms with E-state index in [4.69, 9.17) is 0 Å². The number of nitro benzene ring substituents is 2. The molecule has 0 saturated heterocycles. The van der Waals surface area contributed by atoms with Crippen LogP contribution in [0.4, 0.5) is 11.4 Å². The quantitative estimate of drug-likeness (QED) is 0.575. The first-order chi connectivity index (χ1) is 10.4. The predicted octanol–water partition coefficient (Wildman–Crippen LogP) is 1.57. The van der Waals surface area contributed by atoms with Crippen LogP contribution in [-0.2, 0) is 0 Å². The largest absolute Gasteiger partial charge is 0.350 e. The Bertz CT molecular complexity index is 539. The minimum atomic E-state index is -0.814. The van der Waals surface area contributed by atoms with Gasteiger partial charge in [0.1, 0.15) is 0 Å². The van der Waals surface area contributed by atoms with Gasteiger partial charge in [0.05, 0.1) is 9.85 Å². The zero-order valence-electron chi connectivity index (χ0n) is 12.4. The lowest BCUT2D eigenvalue weighted by Crippen LogP contribution is -2.35. The highest BCUT2D eigenvalue weighted by Gasteiger charge is 2.30. The van der Waals surface area contributed by atoms with Gasteiger partial charge in [0.15, 0.2) is 5.56 Å². The average Bonchev–Trinajstić information content (AvgIpc) is 2.50. The molecule has 0 aliphatic rings. The summed E-state index contributed by atoms with van der Waals surface area (Å²) in [4.78, 5) is 34.5. The Hall–Kier alpha value is -2.55. The molecule has 1 rings (SSSR count). The Balaban J connectivity index is 2.96. The Morgan fingerprint density at radius 3 is 2.05 bits per heavy atom. The highest BCUT2D eigenvalue weighted by Crippen LogP contribution is 2.27. The Morgan fingerprint density at radius 1 is 1.14 bits per heavy atom. The predicted molar refractivity (Wildman–Crippen MR) is 79.9 cm³/mol. The molecular weight excluding hydrogens is 292 g/mol. The van der Waals surface area contributed by atoms with Crippen molar-refractivity contribution >= 4 is 17.3 Å². The van der Waals surface area contributed by atoms with Gasteiger partial charge in [0.2, 0.25) is 0 Å². The summed E-state index contributed by atoms with van der Waals surface area (Å²) in [5.74, 6) is -0.814. The summed E-state index contributed by atoms with van der Waals surface area (Å²) in [5.41, 5.74) is -1.67. The van der Waals surface area contributed by atoms with Gasteiger partial charge in [0, 0.05) is 25.2 Å². The van der Waals surface area contributed by atoms with Gasteiger partial charge in [-0.3, -0.25) is 25.0 Å². The lowest BCUT2D eigenvalue weighted by Gasteiger charge is -2.17. The van der Waals surface area contributed by atoms with Crippen molar-refractivity contribution in [2.24, 2.45) is 0 Å². The lowest BCUT2D eigenvalue weighted by atomic mass is 10.1. The third-order valence-corrected chi connectivity index (χ3v) is 3.25. The van der Waals surface area contributed by atoms with Crippen molar-refractivity contribution < 1.29 is 14.6 Å². The maximum atomic E-state index is 12.1.